The first-order valence-electron chi connectivity index (χ1n) is 2.21. The van der Waals surface area contributed by atoms with Gasteiger partial charge in [-0.1, -0.05) is 0 Å². The van der Waals surface area contributed by atoms with E-state index in [1.54, 1.807) is 0 Å². The zero-order valence-electron chi connectivity index (χ0n) is 4.18. The van der Waals surface area contributed by atoms with Crippen molar-refractivity contribution in [3.05, 3.63) is 0 Å². The maximum Gasteiger partial charge on any atom is 0.241 e. The summed E-state index contributed by atoms with van der Waals surface area (Å²) in [6.07, 6.45) is -4.65. The van der Waals surface area contributed by atoms with E-state index in [1.165, 1.54) is 0 Å². The molecule has 1 radical (unpaired) electrons. The van der Waals surface area contributed by atoms with E-state index >= 15 is 0 Å². The van der Waals surface area contributed by atoms with Crippen molar-refractivity contribution in [3.8, 4) is 0 Å². The lowest BCUT2D eigenvalue weighted by Crippen LogP contribution is -2.14. The number of halogens is 2. The third kappa shape index (κ3) is 3.95. The molecule has 0 spiro atoms. The molecule has 0 aliphatic heterocycles. The number of hydrogen-bond donors (Lipinski definition) is 1. The third-order valence-electron chi connectivity index (χ3n) is 0.643. The van der Waals surface area contributed by atoms with Crippen LogP contribution in [0.4, 0.5) is 8.78 Å². The first-order valence-corrected chi connectivity index (χ1v) is 2.21. The van der Waals surface area contributed by atoms with Gasteiger partial charge in [0.2, 0.25) is 6.43 Å². The van der Waals surface area contributed by atoms with E-state index in [0.29, 0.717) is 0 Å². The Hall–Kier alpha value is -0.220. The smallest absolute Gasteiger partial charge is 0.241 e. The normalized spacial score (nSPS) is 14.6. The Bertz CT molecular complexity index is 58.0. The van der Waals surface area contributed by atoms with Gasteiger partial charge in [0.15, 0.2) is 0 Å². The van der Waals surface area contributed by atoms with Gasteiger partial charge < -0.3 is 5.11 Å². The number of alkyl halides is 2. The summed E-state index contributed by atoms with van der Waals surface area (Å²) in [7, 11) is 0. The lowest BCUT2D eigenvalue weighted by molar-refractivity contribution is 0.00748. The molecular formula is C4H7F2O2. The Labute approximate surface area is 45.8 Å². The van der Waals surface area contributed by atoms with Crippen LogP contribution in [0.25, 0.3) is 0 Å². The molecule has 49 valence electrons. The molecule has 1 atom stereocenters. The minimum atomic E-state index is -2.57. The van der Waals surface area contributed by atoms with Crippen LogP contribution in [-0.2, 0) is 5.11 Å². The summed E-state index contributed by atoms with van der Waals surface area (Å²) >= 11 is 0. The molecule has 2 nitrogen and oxygen atoms in total. The summed E-state index contributed by atoms with van der Waals surface area (Å²) in [5.41, 5.74) is 0. The number of aliphatic hydroxyl groups is 1. The van der Waals surface area contributed by atoms with E-state index in [4.69, 9.17) is 5.11 Å². The molecule has 0 aromatic rings. The Kier molecular flexibility index (Phi) is 3.64. The molecule has 0 aromatic carbocycles. The van der Waals surface area contributed by atoms with Gasteiger partial charge in [0.25, 0.3) is 0 Å². The lowest BCUT2D eigenvalue weighted by atomic mass is 10.3. The van der Waals surface area contributed by atoms with E-state index in [9.17, 15) is 13.9 Å². The Morgan fingerprint density at radius 2 is 2.00 bits per heavy atom. The Morgan fingerprint density at radius 1 is 1.50 bits per heavy atom. The minimum absolute atomic E-state index is 0.705. The van der Waals surface area contributed by atoms with Gasteiger partial charge in [0.1, 0.15) is 6.61 Å². The molecule has 0 amide bonds. The highest BCUT2D eigenvalue weighted by Gasteiger charge is 2.10. The number of aliphatic hydroxyl groups excluding tert-OH is 1. The fourth-order valence-electron chi connectivity index (χ4n) is 0.274. The maximum absolute atomic E-state index is 11.2. The van der Waals surface area contributed by atoms with Crippen LogP contribution in [-0.4, -0.2) is 24.2 Å². The van der Waals surface area contributed by atoms with Crippen molar-refractivity contribution in [1.82, 2.24) is 0 Å². The fraction of sp³-hybridized carbons (Fsp3) is 1.00. The monoisotopic (exact) mass is 125 g/mol. The number of rotatable bonds is 3. The van der Waals surface area contributed by atoms with E-state index in [-0.39, 0.29) is 0 Å². The molecule has 0 rings (SSSR count). The second-order valence-electron chi connectivity index (χ2n) is 1.45. The highest BCUT2D eigenvalue weighted by Crippen LogP contribution is 2.02. The van der Waals surface area contributed by atoms with Crippen molar-refractivity contribution in [2.45, 2.75) is 19.0 Å². The summed E-state index contributed by atoms with van der Waals surface area (Å²) in [6, 6.07) is 0. The quantitative estimate of drug-likeness (QED) is 0.583. The summed E-state index contributed by atoms with van der Waals surface area (Å²) in [5.74, 6) is 0. The molecule has 8 heavy (non-hydrogen) atoms. The maximum atomic E-state index is 11.2. The average molecular weight is 125 g/mol. The molecule has 0 heterocycles. The van der Waals surface area contributed by atoms with Gasteiger partial charge >= 0.3 is 0 Å². The summed E-state index contributed by atoms with van der Waals surface area (Å²) < 4.78 is 22.3. The summed E-state index contributed by atoms with van der Waals surface area (Å²) in [5, 5.41) is 17.8. The van der Waals surface area contributed by atoms with Crippen LogP contribution in [0, 0.1) is 0 Å². The van der Waals surface area contributed by atoms with Crippen molar-refractivity contribution in [3.63, 3.8) is 0 Å². The van der Waals surface area contributed by atoms with Crippen LogP contribution in [0.2, 0.25) is 0 Å². The van der Waals surface area contributed by atoms with Crippen LogP contribution >= 0.6 is 0 Å². The Morgan fingerprint density at radius 3 is 2.12 bits per heavy atom. The number of hydrogen-bond acceptors (Lipinski definition) is 1. The van der Waals surface area contributed by atoms with Crippen LogP contribution < -0.4 is 0 Å². The van der Waals surface area contributed by atoms with Crippen molar-refractivity contribution in [1.29, 1.82) is 0 Å². The molecule has 0 bridgehead atoms. The summed E-state index contributed by atoms with van der Waals surface area (Å²) in [4.78, 5) is 0. The first kappa shape index (κ1) is 7.78. The van der Waals surface area contributed by atoms with Gasteiger partial charge in [-0.15, -0.1) is 0 Å². The highest BCUT2D eigenvalue weighted by molar-refractivity contribution is 4.52. The van der Waals surface area contributed by atoms with Crippen molar-refractivity contribution in [2.24, 2.45) is 0 Å². The second kappa shape index (κ2) is 3.74. The molecule has 0 fully saturated rings. The molecule has 0 saturated heterocycles. The van der Waals surface area contributed by atoms with Gasteiger partial charge in [-0.25, -0.2) is 13.9 Å². The van der Waals surface area contributed by atoms with Crippen LogP contribution in [0.1, 0.15) is 6.42 Å². The average Bonchev–Trinajstić information content (AvgIpc) is 1.65. The predicted octanol–water partition coefficient (Wildman–Crippen LogP) is 0.433. The topological polar surface area (TPSA) is 40.1 Å². The standard InChI is InChI=1S/C4H7F2O2/c5-4(6)1-3(8)2-7/h3-4,8H,1-2H2. The van der Waals surface area contributed by atoms with Crippen molar-refractivity contribution in [2.75, 3.05) is 6.61 Å². The largest absolute Gasteiger partial charge is 0.390 e. The van der Waals surface area contributed by atoms with E-state index < -0.39 is 25.6 Å². The van der Waals surface area contributed by atoms with Gasteiger partial charge in [0, 0.05) is 6.42 Å². The van der Waals surface area contributed by atoms with Crippen LogP contribution in [0.15, 0.2) is 0 Å². The van der Waals surface area contributed by atoms with Crippen molar-refractivity contribution >= 4 is 0 Å². The zero-order valence-corrected chi connectivity index (χ0v) is 4.18. The van der Waals surface area contributed by atoms with Crippen LogP contribution in [0.3, 0.4) is 0 Å². The van der Waals surface area contributed by atoms with E-state index in [1.807, 2.05) is 0 Å². The fourth-order valence-corrected chi connectivity index (χ4v) is 0.274. The predicted molar refractivity (Wildman–Crippen MR) is 22.2 cm³/mol. The van der Waals surface area contributed by atoms with Gasteiger partial charge in [-0.05, 0) is 0 Å². The van der Waals surface area contributed by atoms with Crippen LogP contribution in [0.5, 0.6) is 0 Å². The zero-order chi connectivity index (χ0) is 6.57. The molecule has 0 aliphatic carbocycles. The molecule has 0 aliphatic rings. The first-order chi connectivity index (χ1) is 3.66. The van der Waals surface area contributed by atoms with Crippen molar-refractivity contribution < 1.29 is 19.0 Å². The molecule has 0 aromatic heterocycles. The molecular weight excluding hydrogens is 118 g/mol. The molecule has 1 unspecified atom stereocenters. The second-order valence-corrected chi connectivity index (χ2v) is 1.45. The van der Waals surface area contributed by atoms with Gasteiger partial charge in [0.05, 0.1) is 6.10 Å². The SMILES string of the molecule is [O]CC(O)CC(F)F. The minimum Gasteiger partial charge on any atom is -0.390 e. The third-order valence-corrected chi connectivity index (χ3v) is 0.643. The summed E-state index contributed by atoms with van der Waals surface area (Å²) in [6.45, 7) is -0.843. The Balaban J connectivity index is 3.10. The van der Waals surface area contributed by atoms with Gasteiger partial charge in [-0.3, -0.25) is 0 Å². The highest BCUT2D eigenvalue weighted by atomic mass is 19.3. The molecule has 4 heteroatoms. The van der Waals surface area contributed by atoms with E-state index in [0.717, 1.165) is 0 Å². The lowest BCUT2D eigenvalue weighted by Gasteiger charge is -2.01. The molecule has 0 saturated carbocycles. The van der Waals surface area contributed by atoms with E-state index in [2.05, 4.69) is 0 Å². The molecule has 1 N–H and O–H groups in total. The van der Waals surface area contributed by atoms with Gasteiger partial charge in [-0.2, -0.15) is 0 Å².